The summed E-state index contributed by atoms with van der Waals surface area (Å²) < 4.78 is 39.1. The number of hydrogen-bond donors (Lipinski definition) is 0. The summed E-state index contributed by atoms with van der Waals surface area (Å²) in [5.41, 5.74) is 5.44. The number of nitrogens with zero attached hydrogens (tertiary/aromatic N) is 4. The van der Waals surface area contributed by atoms with E-state index < -0.39 is 11.7 Å². The highest BCUT2D eigenvalue weighted by Crippen LogP contribution is 2.33. The Morgan fingerprint density at radius 3 is 1.93 bits per heavy atom. The van der Waals surface area contributed by atoms with Gasteiger partial charge in [0.15, 0.2) is 11.5 Å². The number of amides is 1. The van der Waals surface area contributed by atoms with Gasteiger partial charge >= 0.3 is 6.09 Å². The third-order valence-corrected chi connectivity index (χ3v) is 10.7. The molecule has 0 saturated carbocycles. The van der Waals surface area contributed by atoms with Gasteiger partial charge in [0.1, 0.15) is 32.9 Å². The third kappa shape index (κ3) is 14.3. The zero-order chi connectivity index (χ0) is 43.0. The van der Waals surface area contributed by atoms with E-state index in [0.29, 0.717) is 77.4 Å². The Labute approximate surface area is 364 Å². The Kier molecular flexibility index (Phi) is 16.5. The molecule has 0 bridgehead atoms. The molecule has 0 N–H and O–H groups in total. The highest BCUT2D eigenvalue weighted by atomic mass is 32.1. The van der Waals surface area contributed by atoms with Gasteiger partial charge in [-0.05, 0) is 73.9 Å². The van der Waals surface area contributed by atoms with Crippen molar-refractivity contribution in [3.63, 3.8) is 0 Å². The van der Waals surface area contributed by atoms with Gasteiger partial charge in [-0.3, -0.25) is 0 Å². The van der Waals surface area contributed by atoms with Crippen LogP contribution in [0.25, 0.3) is 20.8 Å². The lowest BCUT2D eigenvalue weighted by molar-refractivity contribution is 0.00115. The minimum Gasteiger partial charge on any atom is -0.485 e. The number of benzene rings is 5. The number of hydrogen-bond acceptors (Lipinski definition) is 10. The summed E-state index contributed by atoms with van der Waals surface area (Å²) in [6, 6.07) is 38.5. The lowest BCUT2D eigenvalue weighted by Gasteiger charge is -2.27. The number of fused-ring (bicyclic) bond motifs is 2. The topological polar surface area (TPSA) is 94.8 Å². The van der Waals surface area contributed by atoms with E-state index >= 15 is 0 Å². The lowest BCUT2D eigenvalue weighted by Crippen LogP contribution is -2.38. The molecule has 0 atom stereocenters. The molecule has 12 heteroatoms. The van der Waals surface area contributed by atoms with E-state index in [-0.39, 0.29) is 0 Å². The second-order valence-electron chi connectivity index (χ2n) is 15.9. The van der Waals surface area contributed by atoms with Crippen LogP contribution in [0.4, 0.5) is 10.5 Å². The molecular formula is C49H59N4O7S+. The molecule has 6 rings (SSSR count). The van der Waals surface area contributed by atoms with Crippen molar-refractivity contribution in [2.24, 2.45) is 0 Å². The molecule has 0 unspecified atom stereocenters. The summed E-state index contributed by atoms with van der Waals surface area (Å²) in [6.45, 7) is 10.4. The standard InChI is InChI=1S/C49H59N4O7S/c1-49(2,3)60-48(54)53(34-39-17-22-44(58-35-37-13-9-7-10-14-37)45(31-39)59-36-38-15-11-8-12-16-38)24-26-56-28-30-57-29-27-55-25-23-52(6)41-19-21-43-47(33-41)61-46-32-40(51(4)5)18-20-42(46)50-43/h7-22,31-33H,23-30,34-36H2,1-6H3/q+1. The molecule has 61 heavy (non-hydrogen) atoms. The van der Waals surface area contributed by atoms with Crippen LogP contribution in [0, 0.1) is 0 Å². The van der Waals surface area contributed by atoms with Crippen molar-refractivity contribution in [2.75, 3.05) is 78.8 Å². The Hall–Kier alpha value is -5.53. The lowest BCUT2D eigenvalue weighted by atomic mass is 10.1. The van der Waals surface area contributed by atoms with Gasteiger partial charge in [-0.2, -0.15) is 0 Å². The second kappa shape index (κ2) is 22.4. The van der Waals surface area contributed by atoms with Gasteiger partial charge in [0, 0.05) is 44.5 Å². The molecule has 0 aromatic heterocycles. The van der Waals surface area contributed by atoms with Crippen LogP contribution < -0.4 is 24.3 Å². The van der Waals surface area contributed by atoms with E-state index in [2.05, 4.69) is 67.0 Å². The van der Waals surface area contributed by atoms with Crippen molar-refractivity contribution in [3.8, 4) is 22.1 Å². The summed E-state index contributed by atoms with van der Waals surface area (Å²) in [4.78, 5) is 23.3. The Bertz CT molecular complexity index is 2330. The first-order chi connectivity index (χ1) is 29.5. The summed E-state index contributed by atoms with van der Waals surface area (Å²) in [7, 11) is 6.17. The Balaban J connectivity index is 0.931. The van der Waals surface area contributed by atoms with Crippen LogP contribution in [-0.2, 0) is 38.7 Å². The molecule has 4 aromatic rings. The molecule has 1 aliphatic carbocycles. The summed E-state index contributed by atoms with van der Waals surface area (Å²) in [6.07, 6.45) is -0.420. The molecule has 1 amide bonds. The van der Waals surface area contributed by atoms with Crippen molar-refractivity contribution in [3.05, 3.63) is 137 Å². The molecular weight excluding hydrogens is 789 g/mol. The highest BCUT2D eigenvalue weighted by molar-refractivity contribution is 7.21. The number of carbonyl (C=O) groups excluding carboxylic acids is 1. The summed E-state index contributed by atoms with van der Waals surface area (Å²) in [5, 5.41) is 1.16. The van der Waals surface area contributed by atoms with Gasteiger partial charge < -0.3 is 38.2 Å². The second-order valence-corrected chi connectivity index (χ2v) is 17.0. The van der Waals surface area contributed by atoms with E-state index in [0.717, 1.165) is 55.1 Å². The van der Waals surface area contributed by atoms with Gasteiger partial charge in [-0.1, -0.05) is 66.7 Å². The van der Waals surface area contributed by atoms with Crippen molar-refractivity contribution < 1.29 is 33.2 Å². The van der Waals surface area contributed by atoms with Crippen LogP contribution in [0.5, 0.6) is 11.5 Å². The quantitative estimate of drug-likeness (QED) is 0.0402. The molecule has 2 aliphatic rings. The Morgan fingerprint density at radius 2 is 1.30 bits per heavy atom. The number of ether oxygens (including phenoxy) is 6. The van der Waals surface area contributed by atoms with E-state index in [1.54, 1.807) is 16.2 Å². The van der Waals surface area contributed by atoms with E-state index in [9.17, 15) is 4.79 Å². The van der Waals surface area contributed by atoms with E-state index in [4.69, 9.17) is 33.4 Å². The normalized spacial score (nSPS) is 11.4. The number of aromatic nitrogens is 1. The maximum atomic E-state index is 13.4. The maximum Gasteiger partial charge on any atom is 0.410 e. The summed E-state index contributed by atoms with van der Waals surface area (Å²) >= 11 is 1.76. The minimum atomic E-state index is -0.651. The first-order valence-electron chi connectivity index (χ1n) is 20.7. The van der Waals surface area contributed by atoms with Crippen LogP contribution >= 0.6 is 11.3 Å². The van der Waals surface area contributed by atoms with Crippen molar-refractivity contribution >= 4 is 33.3 Å². The van der Waals surface area contributed by atoms with Crippen LogP contribution in [0.15, 0.2) is 115 Å². The van der Waals surface area contributed by atoms with Gasteiger partial charge in [0.2, 0.25) is 5.36 Å². The van der Waals surface area contributed by atoms with Crippen LogP contribution in [0.2, 0.25) is 0 Å². The largest absolute Gasteiger partial charge is 0.485 e. The molecule has 1 heterocycles. The molecule has 11 nitrogen and oxygen atoms in total. The number of rotatable bonds is 21. The Morgan fingerprint density at radius 1 is 0.672 bits per heavy atom. The van der Waals surface area contributed by atoms with Gasteiger partial charge in [-0.25, -0.2) is 14.4 Å². The number of likely N-dealkylation sites (N-methyl/N-ethyl adjacent to an activating group) is 1. The predicted octanol–water partition coefficient (Wildman–Crippen LogP) is 8.51. The SMILES string of the molecule is CN(CCOCCOCCOCCN(Cc1ccc(OCc2ccccc2)c(OCc2ccccc2)c1)C(=O)OC(C)(C)C)c1ccc2nc3ccc(=[N+](C)C)cc-3sc2c1. The predicted molar refractivity (Wildman–Crippen MR) is 244 cm³/mol. The summed E-state index contributed by atoms with van der Waals surface area (Å²) in [5.74, 6) is 1.22. The molecule has 1 aliphatic heterocycles. The molecule has 0 spiro atoms. The van der Waals surface area contributed by atoms with Crippen LogP contribution in [0.1, 0.15) is 37.5 Å². The highest BCUT2D eigenvalue weighted by Gasteiger charge is 2.23. The zero-order valence-electron chi connectivity index (χ0n) is 36.3. The molecule has 322 valence electrons. The third-order valence-electron chi connectivity index (χ3n) is 9.63. The van der Waals surface area contributed by atoms with Crippen molar-refractivity contribution in [1.82, 2.24) is 14.5 Å². The van der Waals surface area contributed by atoms with Gasteiger partial charge in [0.05, 0.1) is 60.4 Å². The first kappa shape index (κ1) is 45.0. The fourth-order valence-electron chi connectivity index (χ4n) is 6.30. The molecule has 0 radical (unpaired) electrons. The minimum absolute atomic E-state index is 0.301. The molecule has 4 aromatic carbocycles. The van der Waals surface area contributed by atoms with Crippen LogP contribution in [-0.4, -0.2) is 95.5 Å². The first-order valence-corrected chi connectivity index (χ1v) is 21.6. The zero-order valence-corrected chi connectivity index (χ0v) is 37.1. The van der Waals surface area contributed by atoms with Crippen LogP contribution in [0.3, 0.4) is 0 Å². The average molecular weight is 848 g/mol. The fraction of sp³-hybridized carbons (Fsp3) is 0.367. The van der Waals surface area contributed by atoms with E-state index in [1.807, 2.05) is 99.6 Å². The number of carbonyl (C=O) groups is 1. The van der Waals surface area contributed by atoms with Crippen molar-refractivity contribution in [1.29, 1.82) is 0 Å². The molecule has 0 fully saturated rings. The average Bonchev–Trinajstić information content (AvgIpc) is 3.25. The maximum absolute atomic E-state index is 13.4. The fourth-order valence-corrected chi connectivity index (χ4v) is 7.33. The van der Waals surface area contributed by atoms with Gasteiger partial charge in [0.25, 0.3) is 0 Å². The van der Waals surface area contributed by atoms with Crippen molar-refractivity contribution in [2.45, 2.75) is 46.1 Å². The monoisotopic (exact) mass is 847 g/mol. The van der Waals surface area contributed by atoms with Gasteiger partial charge in [-0.15, -0.1) is 11.3 Å². The van der Waals surface area contributed by atoms with E-state index in [1.165, 1.54) is 0 Å². The molecule has 0 saturated heterocycles. The number of anilines is 1. The smallest absolute Gasteiger partial charge is 0.410 e.